The molecule has 2 saturated heterocycles. The van der Waals surface area contributed by atoms with Crippen LogP contribution in [0.4, 0.5) is 0 Å². The van der Waals surface area contributed by atoms with Gasteiger partial charge in [-0.2, -0.15) is 0 Å². The maximum absolute atomic E-state index is 12.9. The summed E-state index contributed by atoms with van der Waals surface area (Å²) in [6, 6.07) is 4.38. The Morgan fingerprint density at radius 3 is 2.64 bits per heavy atom. The van der Waals surface area contributed by atoms with Crippen LogP contribution in [0.3, 0.4) is 0 Å². The number of aliphatic carboxylic acids is 1. The molecule has 148 valence electrons. The second-order valence-electron chi connectivity index (χ2n) is 7.76. The molecule has 1 N–H and O–H groups in total. The van der Waals surface area contributed by atoms with Gasteiger partial charge < -0.3 is 14.7 Å². The van der Waals surface area contributed by atoms with Gasteiger partial charge in [0.25, 0.3) is 17.7 Å². The van der Waals surface area contributed by atoms with Crippen molar-refractivity contribution < 1.29 is 29.0 Å². The minimum atomic E-state index is -1.26. The standard InChI is InChI=1S/C20H22N2O6/c1-20(19(26)27)7-3-8-22(20)16(23)12-5-6-14-15(10-12)18(25)21(17(14)24)11-13-4-2-9-28-13/h5-6,10,13H,2-4,7-9,11H2,1H3,(H,26,27). The normalized spacial score (nSPS) is 26.8. The van der Waals surface area contributed by atoms with Crippen LogP contribution in [0.1, 0.15) is 63.7 Å². The van der Waals surface area contributed by atoms with Gasteiger partial charge in [-0.1, -0.05) is 0 Å². The SMILES string of the molecule is CC1(C(=O)O)CCCN1C(=O)c1ccc2c(c1)C(=O)N(CC1CCCO1)C2=O. The van der Waals surface area contributed by atoms with E-state index in [4.69, 9.17) is 4.74 Å². The molecule has 0 saturated carbocycles. The van der Waals surface area contributed by atoms with Crippen LogP contribution in [0, 0.1) is 0 Å². The third-order valence-electron chi connectivity index (χ3n) is 5.97. The number of amides is 3. The molecule has 3 heterocycles. The highest BCUT2D eigenvalue weighted by atomic mass is 16.5. The van der Waals surface area contributed by atoms with Crippen molar-refractivity contribution in [1.82, 2.24) is 9.80 Å². The van der Waals surface area contributed by atoms with Crippen molar-refractivity contribution in [1.29, 1.82) is 0 Å². The number of likely N-dealkylation sites (tertiary alicyclic amines) is 1. The number of hydrogen-bond acceptors (Lipinski definition) is 5. The molecule has 28 heavy (non-hydrogen) atoms. The smallest absolute Gasteiger partial charge is 0.329 e. The van der Waals surface area contributed by atoms with Gasteiger partial charge in [-0.05, 0) is 50.8 Å². The van der Waals surface area contributed by atoms with Gasteiger partial charge in [0.15, 0.2) is 0 Å². The molecule has 0 aromatic heterocycles. The van der Waals surface area contributed by atoms with Crippen molar-refractivity contribution in [2.45, 2.75) is 44.2 Å². The van der Waals surface area contributed by atoms with Gasteiger partial charge in [-0.3, -0.25) is 19.3 Å². The zero-order valence-electron chi connectivity index (χ0n) is 15.6. The highest BCUT2D eigenvalue weighted by Gasteiger charge is 2.46. The third-order valence-corrected chi connectivity index (χ3v) is 5.97. The summed E-state index contributed by atoms with van der Waals surface area (Å²) in [5, 5.41) is 9.53. The Kier molecular flexibility index (Phi) is 4.45. The zero-order valence-corrected chi connectivity index (χ0v) is 15.6. The maximum Gasteiger partial charge on any atom is 0.329 e. The van der Waals surface area contributed by atoms with Gasteiger partial charge in [0.2, 0.25) is 0 Å². The van der Waals surface area contributed by atoms with Crippen molar-refractivity contribution in [2.24, 2.45) is 0 Å². The van der Waals surface area contributed by atoms with Crippen LogP contribution in [0.2, 0.25) is 0 Å². The van der Waals surface area contributed by atoms with Crippen LogP contribution in [0.5, 0.6) is 0 Å². The fourth-order valence-electron chi connectivity index (χ4n) is 4.25. The monoisotopic (exact) mass is 386 g/mol. The zero-order chi connectivity index (χ0) is 20.1. The molecule has 1 aromatic rings. The Morgan fingerprint density at radius 2 is 1.96 bits per heavy atom. The molecule has 8 nitrogen and oxygen atoms in total. The summed E-state index contributed by atoms with van der Waals surface area (Å²) in [7, 11) is 0. The predicted octanol–water partition coefficient (Wildman–Crippen LogP) is 1.54. The molecule has 0 radical (unpaired) electrons. The molecule has 0 aliphatic carbocycles. The third kappa shape index (κ3) is 2.79. The topological polar surface area (TPSA) is 104 Å². The number of carbonyl (C=O) groups excluding carboxylic acids is 3. The Bertz CT molecular complexity index is 875. The summed E-state index contributed by atoms with van der Waals surface area (Å²) >= 11 is 0. The van der Waals surface area contributed by atoms with E-state index in [1.165, 1.54) is 34.9 Å². The van der Waals surface area contributed by atoms with Gasteiger partial charge >= 0.3 is 5.97 Å². The number of nitrogens with zero attached hydrogens (tertiary/aromatic N) is 2. The second kappa shape index (κ2) is 6.70. The summed E-state index contributed by atoms with van der Waals surface area (Å²) in [5.41, 5.74) is -0.595. The number of rotatable bonds is 4. The number of carbonyl (C=O) groups is 4. The van der Waals surface area contributed by atoms with Crippen LogP contribution in [-0.4, -0.2) is 69.9 Å². The van der Waals surface area contributed by atoms with Crippen molar-refractivity contribution in [2.75, 3.05) is 19.7 Å². The molecule has 2 fully saturated rings. The number of fused-ring (bicyclic) bond motifs is 1. The molecule has 2 atom stereocenters. The van der Waals surface area contributed by atoms with E-state index in [2.05, 4.69) is 0 Å². The van der Waals surface area contributed by atoms with E-state index < -0.39 is 23.3 Å². The van der Waals surface area contributed by atoms with Crippen LogP contribution in [0.15, 0.2) is 18.2 Å². The Balaban J connectivity index is 1.59. The first-order valence-electron chi connectivity index (χ1n) is 9.50. The highest BCUT2D eigenvalue weighted by molar-refractivity contribution is 6.22. The summed E-state index contributed by atoms with van der Waals surface area (Å²) in [6.45, 7) is 2.71. The van der Waals surface area contributed by atoms with Crippen LogP contribution < -0.4 is 0 Å². The van der Waals surface area contributed by atoms with Gasteiger partial charge in [0.05, 0.1) is 23.8 Å². The van der Waals surface area contributed by atoms with E-state index in [0.717, 1.165) is 12.8 Å². The van der Waals surface area contributed by atoms with Gasteiger partial charge in [-0.25, -0.2) is 4.79 Å². The molecule has 2 unspecified atom stereocenters. The molecule has 8 heteroatoms. The van der Waals surface area contributed by atoms with E-state index in [-0.39, 0.29) is 35.2 Å². The second-order valence-corrected chi connectivity index (χ2v) is 7.76. The molecule has 0 bridgehead atoms. The minimum absolute atomic E-state index is 0.149. The van der Waals surface area contributed by atoms with E-state index >= 15 is 0 Å². The predicted molar refractivity (Wildman–Crippen MR) is 97.1 cm³/mol. The molecule has 4 rings (SSSR count). The molecule has 0 spiro atoms. The molecule has 3 amide bonds. The minimum Gasteiger partial charge on any atom is -0.480 e. The quantitative estimate of drug-likeness (QED) is 0.787. The van der Waals surface area contributed by atoms with Crippen molar-refractivity contribution >= 4 is 23.7 Å². The molecular formula is C20H22N2O6. The lowest BCUT2D eigenvalue weighted by molar-refractivity contribution is -0.147. The Morgan fingerprint density at radius 1 is 1.21 bits per heavy atom. The maximum atomic E-state index is 12.9. The summed E-state index contributed by atoms with van der Waals surface area (Å²) < 4.78 is 5.52. The van der Waals surface area contributed by atoms with Gasteiger partial charge in [0, 0.05) is 18.7 Å². The summed E-state index contributed by atoms with van der Waals surface area (Å²) in [6.07, 6.45) is 2.55. The average Bonchev–Trinajstić information content (AvgIpc) is 3.38. The summed E-state index contributed by atoms with van der Waals surface area (Å²) in [4.78, 5) is 52.5. The van der Waals surface area contributed by atoms with E-state index in [9.17, 15) is 24.3 Å². The van der Waals surface area contributed by atoms with Crippen molar-refractivity contribution in [3.8, 4) is 0 Å². The number of ether oxygens (including phenoxy) is 1. The lowest BCUT2D eigenvalue weighted by Gasteiger charge is -2.31. The fraction of sp³-hybridized carbons (Fsp3) is 0.500. The molecular weight excluding hydrogens is 364 g/mol. The molecule has 3 aliphatic heterocycles. The van der Waals surface area contributed by atoms with E-state index in [1.807, 2.05) is 0 Å². The first-order valence-corrected chi connectivity index (χ1v) is 9.50. The largest absolute Gasteiger partial charge is 0.480 e. The number of carboxylic acids is 1. The molecule has 3 aliphatic rings. The van der Waals surface area contributed by atoms with Gasteiger partial charge in [-0.15, -0.1) is 0 Å². The number of imide groups is 1. The lowest BCUT2D eigenvalue weighted by atomic mass is 9.98. The highest BCUT2D eigenvalue weighted by Crippen LogP contribution is 2.32. The number of hydrogen-bond donors (Lipinski definition) is 1. The number of benzene rings is 1. The fourth-order valence-corrected chi connectivity index (χ4v) is 4.25. The van der Waals surface area contributed by atoms with E-state index in [1.54, 1.807) is 0 Å². The van der Waals surface area contributed by atoms with Crippen LogP contribution >= 0.6 is 0 Å². The summed E-state index contributed by atoms with van der Waals surface area (Å²) in [5.74, 6) is -2.31. The van der Waals surface area contributed by atoms with E-state index in [0.29, 0.717) is 26.0 Å². The Hall–Kier alpha value is -2.74. The Labute approximate surface area is 162 Å². The molecule has 1 aromatic carbocycles. The first kappa shape index (κ1) is 18.6. The van der Waals surface area contributed by atoms with Crippen LogP contribution in [0.25, 0.3) is 0 Å². The number of carboxylic acid groups (broad SMARTS) is 1. The lowest BCUT2D eigenvalue weighted by Crippen LogP contribution is -2.50. The van der Waals surface area contributed by atoms with Crippen molar-refractivity contribution in [3.63, 3.8) is 0 Å². The average molecular weight is 386 g/mol. The first-order chi connectivity index (χ1) is 13.3. The van der Waals surface area contributed by atoms with Crippen molar-refractivity contribution in [3.05, 3.63) is 34.9 Å². The van der Waals surface area contributed by atoms with Crippen LogP contribution in [-0.2, 0) is 9.53 Å². The van der Waals surface area contributed by atoms with Gasteiger partial charge in [0.1, 0.15) is 5.54 Å².